The van der Waals surface area contributed by atoms with Gasteiger partial charge in [-0.15, -0.1) is 12.4 Å². The molecule has 0 aliphatic carbocycles. The van der Waals surface area contributed by atoms with Gasteiger partial charge in [-0.2, -0.15) is 0 Å². The lowest BCUT2D eigenvalue weighted by Gasteiger charge is -0.270. The highest BCUT2D eigenvalue weighted by molar-refractivity contribution is 5.85. The van der Waals surface area contributed by atoms with Gasteiger partial charge in [0.05, 0.1) is 0 Å². The molecule has 0 fully saturated rings. The molecule has 0 aliphatic heterocycles. The maximum Gasteiger partial charge on any atom is 0 e. The Morgan fingerprint density at radius 1 is 0.600 bits per heavy atom. The minimum atomic E-state index is 0. The summed E-state index contributed by atoms with van der Waals surface area (Å²) in [7, 11) is 0. The first-order valence-electron chi connectivity index (χ1n) is 0. The predicted octanol–water partition coefficient (Wildman–Crippen LogP) is 0.961. The van der Waals surface area contributed by atoms with Crippen molar-refractivity contribution in [3.05, 3.63) is 7.43 Å². The van der Waals surface area contributed by atoms with E-state index >= 15 is 0 Å². The molecule has 0 aromatic rings. The monoisotopic (exact) mass is 108 g/mol. The molecular formula is CH4ClF3. The molecule has 0 heterocycles. The first-order valence-corrected chi connectivity index (χ1v) is 0. The molecule has 0 amide bonds. The summed E-state index contributed by atoms with van der Waals surface area (Å²) in [6.45, 7) is 0. The molecule has 0 atom stereocenters. The summed E-state index contributed by atoms with van der Waals surface area (Å²) >= 11 is 0. The van der Waals surface area contributed by atoms with Crippen molar-refractivity contribution >= 4 is 12.4 Å². The van der Waals surface area contributed by atoms with Crippen molar-refractivity contribution < 1.29 is 14.1 Å². The van der Waals surface area contributed by atoms with E-state index in [0.717, 1.165) is 0 Å². The quantitative estimate of drug-likeness (QED) is 0.434. The summed E-state index contributed by atoms with van der Waals surface area (Å²) < 4.78 is 0. The molecule has 0 saturated carbocycles. The Labute approximate surface area is 35.1 Å². The van der Waals surface area contributed by atoms with Crippen LogP contribution in [0.3, 0.4) is 0 Å². The average Bonchev–Trinajstić information content (AvgIpc) is 0. The summed E-state index contributed by atoms with van der Waals surface area (Å²) in [4.78, 5) is 0. The molecule has 0 nitrogen and oxygen atoms in total. The van der Waals surface area contributed by atoms with Gasteiger partial charge in [0, 0.05) is 7.43 Å². The molecule has 0 saturated heterocycles. The van der Waals surface area contributed by atoms with Crippen molar-refractivity contribution in [2.75, 3.05) is 0 Å². The van der Waals surface area contributed by atoms with Gasteiger partial charge in [-0.05, 0) is 0 Å². The molecule has 5 heavy (non-hydrogen) atoms. The third kappa shape index (κ3) is 2760. The molecule has 36 valence electrons. The summed E-state index contributed by atoms with van der Waals surface area (Å²) in [6.07, 6.45) is 0. The van der Waals surface area contributed by atoms with Gasteiger partial charge in [-0.3, -0.25) is 14.1 Å². The Morgan fingerprint density at radius 2 is 0.600 bits per heavy atom. The minimum Gasteiger partial charge on any atom is -0.269 e. The van der Waals surface area contributed by atoms with E-state index in [9.17, 15) is 0 Å². The van der Waals surface area contributed by atoms with Crippen molar-refractivity contribution in [2.45, 2.75) is 0 Å². The Morgan fingerprint density at radius 3 is 0.600 bits per heavy atom. The highest BCUT2D eigenvalue weighted by Crippen LogP contribution is 0.690. The van der Waals surface area contributed by atoms with Crippen molar-refractivity contribution in [3.63, 3.8) is 0 Å². The lowest BCUT2D eigenvalue weighted by atomic mass is 12.0. The van der Waals surface area contributed by atoms with Crippen LogP contribution in [0.15, 0.2) is 0 Å². The van der Waals surface area contributed by atoms with E-state index in [-0.39, 0.29) is 33.9 Å². The zero-order valence-corrected chi connectivity index (χ0v) is 2.95. The number of hydrogen-bond acceptors (Lipinski definition) is 0. The van der Waals surface area contributed by atoms with Gasteiger partial charge in [0.1, 0.15) is 0 Å². The zero-order chi connectivity index (χ0) is 0. The van der Waals surface area contributed by atoms with Crippen molar-refractivity contribution in [3.8, 4) is 0 Å². The van der Waals surface area contributed by atoms with Crippen LogP contribution in [-0.2, 0) is 0 Å². The van der Waals surface area contributed by atoms with E-state index in [1.807, 2.05) is 0 Å². The molecule has 0 aromatic heterocycles. The lowest BCUT2D eigenvalue weighted by molar-refractivity contribution is 1.11. The average molecular weight is 108 g/mol. The summed E-state index contributed by atoms with van der Waals surface area (Å²) in [5.74, 6) is 0. The van der Waals surface area contributed by atoms with Crippen LogP contribution in [0.5, 0.6) is 0 Å². The summed E-state index contributed by atoms with van der Waals surface area (Å²) in [5, 5.41) is 0. The van der Waals surface area contributed by atoms with E-state index < -0.39 is 0 Å². The van der Waals surface area contributed by atoms with Crippen molar-refractivity contribution in [1.82, 2.24) is 0 Å². The molecule has 0 N–H and O–H groups in total. The largest absolute Gasteiger partial charge is 0.269 e. The van der Waals surface area contributed by atoms with E-state index in [0.29, 0.717) is 0 Å². The fraction of sp³-hybridized carbons (Fsp3) is 0. The molecule has 0 unspecified atom stereocenters. The van der Waals surface area contributed by atoms with Gasteiger partial charge in [-0.25, -0.2) is 0 Å². The van der Waals surface area contributed by atoms with Gasteiger partial charge in [0.15, 0.2) is 0 Å². The molecule has 4 heteroatoms. The van der Waals surface area contributed by atoms with Gasteiger partial charge in [0.2, 0.25) is 0 Å². The van der Waals surface area contributed by atoms with Gasteiger partial charge < -0.3 is 0 Å². The lowest BCUT2D eigenvalue weighted by Crippen LogP contribution is 0.0813. The SMILES string of the molecule is Cl.F.F.F.[C]. The molecule has 0 aromatic carbocycles. The van der Waals surface area contributed by atoms with Crippen LogP contribution < -0.4 is 0 Å². The Kier molecular flexibility index (Phi) is 16000000. The third-order valence-corrected chi connectivity index (χ3v) is 0. The van der Waals surface area contributed by atoms with Crippen LogP contribution in [0, 0.1) is 7.43 Å². The van der Waals surface area contributed by atoms with Crippen LogP contribution in [0.4, 0.5) is 14.1 Å². The molecule has 4 radical (unpaired) electrons. The van der Waals surface area contributed by atoms with Gasteiger partial charge in [0.25, 0.3) is 0 Å². The van der Waals surface area contributed by atoms with Crippen LogP contribution >= 0.6 is 12.4 Å². The van der Waals surface area contributed by atoms with Crippen molar-refractivity contribution in [2.24, 2.45) is 0 Å². The first kappa shape index (κ1) is 13200. The highest BCUT2D eigenvalue weighted by atomic mass is 35.5. The topological polar surface area (TPSA) is 0 Å². The summed E-state index contributed by atoms with van der Waals surface area (Å²) in [5.41, 5.74) is 0. The minimum absolute atomic E-state index is 0. The smallest absolute Gasteiger partial charge is 0 e. The van der Waals surface area contributed by atoms with Crippen LogP contribution in [0.25, 0.3) is 0 Å². The van der Waals surface area contributed by atoms with Crippen LogP contribution in [0.1, 0.15) is 0 Å². The van der Waals surface area contributed by atoms with Crippen LogP contribution in [0.2, 0.25) is 0 Å². The Bertz CT molecular complexity index is 6.85. The second kappa shape index (κ2) is 6050. The maximum absolute atomic E-state index is 0. The zero-order valence-electron chi connectivity index (χ0n) is 2.13. The van der Waals surface area contributed by atoms with E-state index in [4.69, 9.17) is 0 Å². The molecular weight excluding hydrogens is 104 g/mol. The molecule has 0 bridgehead atoms. The number of hydrogen-bond donors (Lipinski definition) is 0. The second-order valence-electron chi connectivity index (χ2n) is 0. The Balaban J connectivity index is 0. The number of rotatable bonds is 0. The molecule has 0 rings (SSSR count). The fourth-order valence-corrected chi connectivity index (χ4v) is 0. The normalized spacial score (nSPS) is 0. The van der Waals surface area contributed by atoms with Gasteiger partial charge in [-0.1, -0.05) is 0 Å². The standard InChI is InChI=1S/C.ClH.3FH/h;4*1H. The van der Waals surface area contributed by atoms with Crippen LogP contribution in [-0.4, -0.2) is 0 Å². The summed E-state index contributed by atoms with van der Waals surface area (Å²) in [6, 6.07) is 0. The first-order chi connectivity index (χ1) is 0. The van der Waals surface area contributed by atoms with E-state index in [1.165, 1.54) is 0 Å². The number of halogens is 4. The van der Waals surface area contributed by atoms with Gasteiger partial charge >= 0.3 is 0 Å². The second-order valence-corrected chi connectivity index (χ2v) is 0. The molecule has 0 aliphatic rings. The fourth-order valence-electron chi connectivity index (χ4n) is 0. The highest BCUT2D eigenvalue weighted by Gasteiger charge is 0.0000182. The third-order valence-electron chi connectivity index (χ3n) is 0. The Hall–Kier alpha value is 0.0800. The maximum atomic E-state index is 0. The van der Waals surface area contributed by atoms with Crippen molar-refractivity contribution in [1.29, 1.82) is 0 Å². The molecule has 0 spiro atoms. The predicted molar refractivity (Wildman–Crippen MR) is 18.0 cm³/mol. The van der Waals surface area contributed by atoms with E-state index in [1.54, 1.807) is 0 Å². The van der Waals surface area contributed by atoms with E-state index in [2.05, 4.69) is 0 Å².